The Hall–Kier alpha value is -0.740. The smallest absolute Gasteiger partial charge is 0.0598 e. The summed E-state index contributed by atoms with van der Waals surface area (Å²) in [6.07, 6.45) is 3.89. The molecule has 0 aromatic heterocycles. The lowest BCUT2D eigenvalue weighted by Crippen LogP contribution is -2.56. The van der Waals surface area contributed by atoms with Crippen molar-refractivity contribution < 1.29 is 0 Å². The highest BCUT2D eigenvalue weighted by Crippen LogP contribution is 2.38. The zero-order valence-electron chi connectivity index (χ0n) is 11.4. The molecule has 1 aromatic rings. The second-order valence-electron chi connectivity index (χ2n) is 5.53. The number of nitrogens with two attached hydrogens (primary N) is 1. The molecule has 18 heavy (non-hydrogen) atoms. The summed E-state index contributed by atoms with van der Waals surface area (Å²) in [5.41, 5.74) is 8.37. The summed E-state index contributed by atoms with van der Waals surface area (Å²) in [4.78, 5) is 4.64. The third-order valence-electron chi connectivity index (χ3n) is 4.17. The fourth-order valence-electron chi connectivity index (χ4n) is 2.73. The van der Waals surface area contributed by atoms with Gasteiger partial charge >= 0.3 is 0 Å². The second kappa shape index (κ2) is 5.10. The third kappa shape index (κ3) is 2.50. The predicted molar refractivity (Wildman–Crippen MR) is 82.1 cm³/mol. The molecule has 3 nitrogen and oxygen atoms in total. The van der Waals surface area contributed by atoms with Crippen LogP contribution in [0.2, 0.25) is 0 Å². The number of likely N-dealkylation sites (N-methyl/N-ethyl adjacent to an activating group) is 2. The molecule has 1 aromatic carbocycles. The molecular formula is C14H22BrN3. The van der Waals surface area contributed by atoms with Gasteiger partial charge in [0.15, 0.2) is 0 Å². The first-order valence-electron chi connectivity index (χ1n) is 6.38. The molecule has 0 saturated heterocycles. The molecule has 1 aliphatic rings. The molecule has 0 unspecified atom stereocenters. The molecule has 100 valence electrons. The van der Waals surface area contributed by atoms with E-state index in [1.807, 2.05) is 12.1 Å². The monoisotopic (exact) mass is 311 g/mol. The van der Waals surface area contributed by atoms with Crippen LogP contribution in [-0.2, 0) is 0 Å². The SMILES string of the molecule is CN(CC1(N(C)C)CCC1)c1ccc(Br)cc1N. The van der Waals surface area contributed by atoms with Crippen LogP contribution in [0.25, 0.3) is 0 Å². The van der Waals surface area contributed by atoms with Gasteiger partial charge in [-0.2, -0.15) is 0 Å². The van der Waals surface area contributed by atoms with Crippen molar-refractivity contribution in [3.8, 4) is 0 Å². The predicted octanol–water partition coefficient (Wildman–Crippen LogP) is 2.95. The van der Waals surface area contributed by atoms with Crippen LogP contribution in [0.15, 0.2) is 22.7 Å². The Labute approximate surface area is 118 Å². The summed E-state index contributed by atoms with van der Waals surface area (Å²) in [7, 11) is 6.49. The van der Waals surface area contributed by atoms with Crippen molar-refractivity contribution in [2.24, 2.45) is 0 Å². The molecule has 0 heterocycles. The maximum atomic E-state index is 6.09. The van der Waals surface area contributed by atoms with Gasteiger partial charge in [-0.25, -0.2) is 0 Å². The van der Waals surface area contributed by atoms with Gasteiger partial charge in [0.1, 0.15) is 0 Å². The van der Waals surface area contributed by atoms with E-state index >= 15 is 0 Å². The molecule has 4 heteroatoms. The Morgan fingerprint density at radius 1 is 1.28 bits per heavy atom. The molecule has 0 atom stereocenters. The number of rotatable bonds is 4. The number of hydrogen-bond donors (Lipinski definition) is 1. The first-order valence-corrected chi connectivity index (χ1v) is 7.17. The molecule has 0 amide bonds. The summed E-state index contributed by atoms with van der Waals surface area (Å²) in [6, 6.07) is 6.10. The summed E-state index contributed by atoms with van der Waals surface area (Å²) in [5, 5.41) is 0. The minimum absolute atomic E-state index is 0.328. The van der Waals surface area contributed by atoms with E-state index in [0.717, 1.165) is 22.4 Å². The highest BCUT2D eigenvalue weighted by atomic mass is 79.9. The summed E-state index contributed by atoms with van der Waals surface area (Å²) in [5.74, 6) is 0. The molecule has 2 N–H and O–H groups in total. The molecule has 0 spiro atoms. The largest absolute Gasteiger partial charge is 0.397 e. The van der Waals surface area contributed by atoms with Gasteiger partial charge in [-0.1, -0.05) is 15.9 Å². The Morgan fingerprint density at radius 2 is 1.94 bits per heavy atom. The fourth-order valence-corrected chi connectivity index (χ4v) is 3.11. The molecule has 0 aliphatic heterocycles. The van der Waals surface area contributed by atoms with Gasteiger partial charge in [-0.15, -0.1) is 0 Å². The number of hydrogen-bond acceptors (Lipinski definition) is 3. The van der Waals surface area contributed by atoms with Crippen LogP contribution in [0.3, 0.4) is 0 Å². The summed E-state index contributed by atoms with van der Waals surface area (Å²) in [6.45, 7) is 1.03. The molecule has 1 fully saturated rings. The standard InChI is InChI=1S/C14H22BrN3/c1-17(2)14(7-4-8-14)10-18(3)13-6-5-11(15)9-12(13)16/h5-6,9H,4,7-8,10,16H2,1-3H3. The lowest BCUT2D eigenvalue weighted by Gasteiger charge is -2.49. The fraction of sp³-hybridized carbons (Fsp3) is 0.571. The van der Waals surface area contributed by atoms with E-state index in [4.69, 9.17) is 5.73 Å². The van der Waals surface area contributed by atoms with Gasteiger partial charge in [-0.3, -0.25) is 0 Å². The van der Waals surface area contributed by atoms with Crippen LogP contribution in [0.4, 0.5) is 11.4 Å². The van der Waals surface area contributed by atoms with Gasteiger partial charge in [-0.05, 0) is 51.6 Å². The first-order chi connectivity index (χ1) is 8.44. The number of benzene rings is 1. The molecule has 1 saturated carbocycles. The highest BCUT2D eigenvalue weighted by molar-refractivity contribution is 9.10. The van der Waals surface area contributed by atoms with Crippen molar-refractivity contribution in [3.63, 3.8) is 0 Å². The van der Waals surface area contributed by atoms with Gasteiger partial charge in [0, 0.05) is 23.6 Å². The molecule has 0 bridgehead atoms. The lowest BCUT2D eigenvalue weighted by atomic mass is 9.75. The Kier molecular flexibility index (Phi) is 3.87. The quantitative estimate of drug-likeness (QED) is 0.868. The van der Waals surface area contributed by atoms with Crippen LogP contribution < -0.4 is 10.6 Å². The van der Waals surface area contributed by atoms with Gasteiger partial charge in [0.05, 0.1) is 11.4 Å². The van der Waals surface area contributed by atoms with Crippen molar-refractivity contribution in [2.75, 3.05) is 38.3 Å². The van der Waals surface area contributed by atoms with E-state index in [-0.39, 0.29) is 0 Å². The Bertz CT molecular complexity index is 427. The average Bonchev–Trinajstić information content (AvgIpc) is 2.22. The van der Waals surface area contributed by atoms with Crippen LogP contribution in [0.5, 0.6) is 0 Å². The number of halogens is 1. The van der Waals surface area contributed by atoms with Crippen molar-refractivity contribution in [1.29, 1.82) is 0 Å². The number of anilines is 2. The van der Waals surface area contributed by atoms with E-state index in [9.17, 15) is 0 Å². The van der Waals surface area contributed by atoms with E-state index in [0.29, 0.717) is 5.54 Å². The van der Waals surface area contributed by atoms with Crippen LogP contribution in [0, 0.1) is 0 Å². The van der Waals surface area contributed by atoms with E-state index in [1.54, 1.807) is 0 Å². The zero-order valence-corrected chi connectivity index (χ0v) is 13.0. The highest BCUT2D eigenvalue weighted by Gasteiger charge is 2.40. The van der Waals surface area contributed by atoms with Crippen molar-refractivity contribution in [1.82, 2.24) is 4.90 Å². The Balaban J connectivity index is 2.14. The van der Waals surface area contributed by atoms with Crippen LogP contribution in [0.1, 0.15) is 19.3 Å². The normalized spacial score (nSPS) is 17.6. The third-order valence-corrected chi connectivity index (χ3v) is 4.66. The molecule has 1 aliphatic carbocycles. The number of nitrogens with zero attached hydrogens (tertiary/aromatic N) is 2. The van der Waals surface area contributed by atoms with Crippen molar-refractivity contribution >= 4 is 27.3 Å². The second-order valence-corrected chi connectivity index (χ2v) is 6.45. The molecular weight excluding hydrogens is 290 g/mol. The van der Waals surface area contributed by atoms with Crippen LogP contribution >= 0.6 is 15.9 Å². The minimum atomic E-state index is 0.328. The van der Waals surface area contributed by atoms with Gasteiger partial charge < -0.3 is 15.5 Å². The molecule has 2 rings (SSSR count). The minimum Gasteiger partial charge on any atom is -0.397 e. The maximum absolute atomic E-state index is 6.09. The Morgan fingerprint density at radius 3 is 2.39 bits per heavy atom. The topological polar surface area (TPSA) is 32.5 Å². The molecule has 0 radical (unpaired) electrons. The zero-order chi connectivity index (χ0) is 13.3. The number of nitrogen functional groups attached to an aromatic ring is 1. The van der Waals surface area contributed by atoms with Crippen molar-refractivity contribution in [3.05, 3.63) is 22.7 Å². The first kappa shape index (κ1) is 13.7. The summed E-state index contributed by atoms with van der Waals surface area (Å²) < 4.78 is 1.03. The van der Waals surface area contributed by atoms with E-state index < -0.39 is 0 Å². The van der Waals surface area contributed by atoms with Gasteiger partial charge in [0.25, 0.3) is 0 Å². The summed E-state index contributed by atoms with van der Waals surface area (Å²) >= 11 is 3.45. The van der Waals surface area contributed by atoms with Crippen LogP contribution in [-0.4, -0.2) is 38.1 Å². The van der Waals surface area contributed by atoms with Gasteiger partial charge in [0.2, 0.25) is 0 Å². The van der Waals surface area contributed by atoms with E-state index in [1.165, 1.54) is 19.3 Å². The lowest BCUT2D eigenvalue weighted by molar-refractivity contribution is 0.0683. The average molecular weight is 312 g/mol. The van der Waals surface area contributed by atoms with Crippen molar-refractivity contribution in [2.45, 2.75) is 24.8 Å². The van der Waals surface area contributed by atoms with E-state index in [2.05, 4.69) is 52.9 Å². The maximum Gasteiger partial charge on any atom is 0.0598 e.